The van der Waals surface area contributed by atoms with Crippen LogP contribution >= 0.6 is 0 Å². The number of ether oxygens (including phenoxy) is 1. The molecule has 1 N–H and O–H groups in total. The first-order valence-electron chi connectivity index (χ1n) is 4.73. The van der Waals surface area contributed by atoms with Crippen LogP contribution in [0.5, 0.6) is 0 Å². The van der Waals surface area contributed by atoms with Crippen LogP contribution in [0.1, 0.15) is 18.5 Å². The standard InChI is InChI=1S/C11H14N2O/c1-8-5-9(14-2)3-4-10(8)11-6-12-7-13-11/h3-8,10H,1-2H3,(H,12,13). The molecule has 2 rings (SSSR count). The Labute approximate surface area is 83.5 Å². The number of imidazole rings is 1. The largest absolute Gasteiger partial charge is 0.497 e. The van der Waals surface area contributed by atoms with Crippen molar-refractivity contribution >= 4 is 0 Å². The summed E-state index contributed by atoms with van der Waals surface area (Å²) < 4.78 is 5.18. The molecule has 3 heteroatoms. The molecule has 0 fully saturated rings. The van der Waals surface area contributed by atoms with E-state index in [1.807, 2.05) is 12.3 Å². The number of hydrogen-bond donors (Lipinski definition) is 1. The Bertz CT molecular complexity index is 351. The quantitative estimate of drug-likeness (QED) is 0.776. The van der Waals surface area contributed by atoms with Gasteiger partial charge in [0.1, 0.15) is 5.76 Å². The van der Waals surface area contributed by atoms with Gasteiger partial charge in [0.25, 0.3) is 0 Å². The number of allylic oxidation sites excluding steroid dienone is 3. The number of rotatable bonds is 2. The van der Waals surface area contributed by atoms with Gasteiger partial charge in [-0.3, -0.25) is 0 Å². The zero-order valence-electron chi connectivity index (χ0n) is 8.40. The zero-order valence-corrected chi connectivity index (χ0v) is 8.40. The molecule has 0 bridgehead atoms. The van der Waals surface area contributed by atoms with Crippen LogP contribution in [-0.4, -0.2) is 17.1 Å². The van der Waals surface area contributed by atoms with Crippen LogP contribution in [0, 0.1) is 5.92 Å². The van der Waals surface area contributed by atoms with E-state index in [9.17, 15) is 0 Å². The lowest BCUT2D eigenvalue weighted by molar-refractivity contribution is 0.298. The molecule has 0 aliphatic heterocycles. The predicted molar refractivity (Wildman–Crippen MR) is 54.7 cm³/mol. The number of aromatic amines is 1. The van der Waals surface area contributed by atoms with Gasteiger partial charge >= 0.3 is 0 Å². The molecular formula is C11H14N2O. The van der Waals surface area contributed by atoms with Crippen LogP contribution in [0.2, 0.25) is 0 Å². The molecule has 1 aromatic rings. The third kappa shape index (κ3) is 1.58. The zero-order chi connectivity index (χ0) is 9.97. The van der Waals surface area contributed by atoms with E-state index in [1.165, 1.54) is 0 Å². The van der Waals surface area contributed by atoms with Gasteiger partial charge in [-0.25, -0.2) is 4.98 Å². The first-order chi connectivity index (χ1) is 6.81. The van der Waals surface area contributed by atoms with Crippen molar-refractivity contribution in [3.05, 3.63) is 42.2 Å². The van der Waals surface area contributed by atoms with Crippen LogP contribution in [0.25, 0.3) is 0 Å². The lowest BCUT2D eigenvalue weighted by Crippen LogP contribution is -2.10. The number of H-pyrrole nitrogens is 1. The molecule has 1 aliphatic carbocycles. The molecule has 0 saturated carbocycles. The minimum atomic E-state index is 0.386. The van der Waals surface area contributed by atoms with Gasteiger partial charge < -0.3 is 9.72 Å². The van der Waals surface area contributed by atoms with E-state index in [0.29, 0.717) is 11.8 Å². The molecular weight excluding hydrogens is 176 g/mol. The van der Waals surface area contributed by atoms with Gasteiger partial charge in [-0.1, -0.05) is 13.0 Å². The van der Waals surface area contributed by atoms with Gasteiger partial charge in [0.2, 0.25) is 0 Å². The van der Waals surface area contributed by atoms with Crippen molar-refractivity contribution in [1.82, 2.24) is 9.97 Å². The smallest absolute Gasteiger partial charge is 0.114 e. The molecule has 2 unspecified atom stereocenters. The number of nitrogens with zero attached hydrogens (tertiary/aromatic N) is 1. The topological polar surface area (TPSA) is 37.9 Å². The minimum Gasteiger partial charge on any atom is -0.497 e. The predicted octanol–water partition coefficient (Wildman–Crippen LogP) is 2.23. The Hall–Kier alpha value is -1.51. The van der Waals surface area contributed by atoms with Crippen LogP contribution in [0.3, 0.4) is 0 Å². The maximum Gasteiger partial charge on any atom is 0.114 e. The summed E-state index contributed by atoms with van der Waals surface area (Å²) in [6, 6.07) is 0. The molecule has 74 valence electrons. The van der Waals surface area contributed by atoms with E-state index in [-0.39, 0.29) is 0 Å². The molecule has 14 heavy (non-hydrogen) atoms. The first kappa shape index (κ1) is 9.06. The summed E-state index contributed by atoms with van der Waals surface area (Å²) >= 11 is 0. The second kappa shape index (κ2) is 3.70. The fraction of sp³-hybridized carbons (Fsp3) is 0.364. The highest BCUT2D eigenvalue weighted by atomic mass is 16.5. The second-order valence-electron chi connectivity index (χ2n) is 3.52. The number of hydrogen-bond acceptors (Lipinski definition) is 2. The van der Waals surface area contributed by atoms with E-state index < -0.39 is 0 Å². The average molecular weight is 190 g/mol. The maximum absolute atomic E-state index is 5.18. The highest BCUT2D eigenvalue weighted by Crippen LogP contribution is 2.30. The number of nitrogens with one attached hydrogen (secondary N) is 1. The number of methoxy groups -OCH3 is 1. The van der Waals surface area contributed by atoms with Crippen molar-refractivity contribution in [3.8, 4) is 0 Å². The average Bonchev–Trinajstić information content (AvgIpc) is 2.70. The van der Waals surface area contributed by atoms with Gasteiger partial charge in [0, 0.05) is 17.8 Å². The highest BCUT2D eigenvalue weighted by Gasteiger charge is 2.19. The van der Waals surface area contributed by atoms with Crippen LogP contribution in [0.15, 0.2) is 36.5 Å². The Morgan fingerprint density at radius 3 is 2.93 bits per heavy atom. The SMILES string of the molecule is COC1=CC(C)C(c2cnc[nH]2)C=C1. The summed E-state index contributed by atoms with van der Waals surface area (Å²) in [5.41, 5.74) is 1.15. The van der Waals surface area contributed by atoms with Crippen LogP contribution in [-0.2, 0) is 4.74 Å². The van der Waals surface area contributed by atoms with Crippen molar-refractivity contribution in [2.75, 3.05) is 7.11 Å². The van der Waals surface area contributed by atoms with Crippen molar-refractivity contribution in [3.63, 3.8) is 0 Å². The second-order valence-corrected chi connectivity index (χ2v) is 3.52. The summed E-state index contributed by atoms with van der Waals surface area (Å²) in [7, 11) is 1.69. The minimum absolute atomic E-state index is 0.386. The molecule has 1 aromatic heterocycles. The molecule has 3 nitrogen and oxygen atoms in total. The van der Waals surface area contributed by atoms with Gasteiger partial charge in [0.15, 0.2) is 0 Å². The van der Waals surface area contributed by atoms with Crippen molar-refractivity contribution in [2.24, 2.45) is 5.92 Å². The fourth-order valence-corrected chi connectivity index (χ4v) is 1.76. The Morgan fingerprint density at radius 1 is 1.50 bits per heavy atom. The molecule has 0 saturated heterocycles. The Morgan fingerprint density at radius 2 is 2.36 bits per heavy atom. The van der Waals surface area contributed by atoms with E-state index in [4.69, 9.17) is 4.74 Å². The molecule has 0 amide bonds. The van der Waals surface area contributed by atoms with Crippen molar-refractivity contribution < 1.29 is 4.74 Å². The molecule has 2 atom stereocenters. The Balaban J connectivity index is 2.19. The van der Waals surface area contributed by atoms with Gasteiger partial charge in [-0.05, 0) is 18.1 Å². The Kier molecular flexibility index (Phi) is 2.39. The van der Waals surface area contributed by atoms with E-state index in [0.717, 1.165) is 11.5 Å². The van der Waals surface area contributed by atoms with Crippen molar-refractivity contribution in [1.29, 1.82) is 0 Å². The van der Waals surface area contributed by atoms with E-state index in [2.05, 4.69) is 29.0 Å². The molecule has 0 radical (unpaired) electrons. The summed E-state index contributed by atoms with van der Waals surface area (Å²) in [6.07, 6.45) is 9.87. The summed E-state index contributed by atoms with van der Waals surface area (Å²) in [5.74, 6) is 1.76. The lowest BCUT2D eigenvalue weighted by atomic mass is 9.87. The monoisotopic (exact) mass is 190 g/mol. The summed E-state index contributed by atoms with van der Waals surface area (Å²) in [6.45, 7) is 2.17. The molecule has 0 aromatic carbocycles. The van der Waals surface area contributed by atoms with Gasteiger partial charge in [0.05, 0.1) is 13.4 Å². The fourth-order valence-electron chi connectivity index (χ4n) is 1.76. The normalized spacial score (nSPS) is 26.0. The molecule has 0 spiro atoms. The highest BCUT2D eigenvalue weighted by molar-refractivity contribution is 5.27. The maximum atomic E-state index is 5.18. The number of aromatic nitrogens is 2. The van der Waals surface area contributed by atoms with Crippen LogP contribution in [0.4, 0.5) is 0 Å². The lowest BCUT2D eigenvalue weighted by Gasteiger charge is -2.21. The van der Waals surface area contributed by atoms with Gasteiger partial charge in [-0.15, -0.1) is 0 Å². The van der Waals surface area contributed by atoms with E-state index in [1.54, 1.807) is 13.4 Å². The van der Waals surface area contributed by atoms with Crippen LogP contribution < -0.4 is 0 Å². The summed E-state index contributed by atoms with van der Waals surface area (Å²) in [5, 5.41) is 0. The van der Waals surface area contributed by atoms with E-state index >= 15 is 0 Å². The molecule has 1 aliphatic rings. The van der Waals surface area contributed by atoms with Crippen molar-refractivity contribution in [2.45, 2.75) is 12.8 Å². The third-order valence-electron chi connectivity index (χ3n) is 2.58. The van der Waals surface area contributed by atoms with Gasteiger partial charge in [-0.2, -0.15) is 0 Å². The first-order valence-corrected chi connectivity index (χ1v) is 4.73. The third-order valence-corrected chi connectivity index (χ3v) is 2.58. The summed E-state index contributed by atoms with van der Waals surface area (Å²) in [4.78, 5) is 7.17. The molecule has 1 heterocycles.